The molecule has 0 aromatic carbocycles. The summed E-state index contributed by atoms with van der Waals surface area (Å²) < 4.78 is 17.2. The second-order valence-electron chi connectivity index (χ2n) is 14.2. The number of hydrogen-bond donors (Lipinski definition) is 1. The molecule has 0 amide bonds. The summed E-state index contributed by atoms with van der Waals surface area (Å²) in [5.41, 5.74) is 0. The zero-order valence-electron chi connectivity index (χ0n) is 33.9. The van der Waals surface area contributed by atoms with E-state index >= 15 is 0 Å². The van der Waals surface area contributed by atoms with E-state index < -0.39 is 18.1 Å². The monoisotopic (exact) mass is 741 g/mol. The van der Waals surface area contributed by atoms with Gasteiger partial charge in [-0.2, -0.15) is 0 Å². The van der Waals surface area contributed by atoms with Crippen LogP contribution in [0.4, 0.5) is 0 Å². The van der Waals surface area contributed by atoms with Crippen LogP contribution in [-0.4, -0.2) is 80.6 Å². The van der Waals surface area contributed by atoms with E-state index in [0.29, 0.717) is 19.3 Å². The SMILES string of the molecule is CC/C=C/C=C/C=C/CCCCCCCC(=O)OCC(COCCC(C(=O)O)[N+](C)(C)C)OC(=O)CCCCC/C=C/C/C=C/C/C=C/C/C=C/CC. The van der Waals surface area contributed by atoms with Crippen LogP contribution in [0.15, 0.2) is 85.1 Å². The molecule has 0 aliphatic carbocycles. The van der Waals surface area contributed by atoms with Gasteiger partial charge >= 0.3 is 17.9 Å². The van der Waals surface area contributed by atoms with Crippen molar-refractivity contribution >= 4 is 17.9 Å². The molecule has 53 heavy (non-hydrogen) atoms. The maximum Gasteiger partial charge on any atom is 0.362 e. The van der Waals surface area contributed by atoms with Gasteiger partial charge in [-0.05, 0) is 70.6 Å². The van der Waals surface area contributed by atoms with Crippen molar-refractivity contribution in [3.8, 4) is 0 Å². The van der Waals surface area contributed by atoms with E-state index in [-0.39, 0.29) is 42.7 Å². The molecule has 0 aliphatic heterocycles. The van der Waals surface area contributed by atoms with Crippen LogP contribution in [0.5, 0.6) is 0 Å². The highest BCUT2D eigenvalue weighted by Crippen LogP contribution is 2.12. The van der Waals surface area contributed by atoms with Gasteiger partial charge in [-0.15, -0.1) is 0 Å². The number of carbonyl (C=O) groups is 3. The van der Waals surface area contributed by atoms with E-state index in [1.165, 1.54) is 0 Å². The van der Waals surface area contributed by atoms with Gasteiger partial charge in [0.2, 0.25) is 0 Å². The van der Waals surface area contributed by atoms with Crippen LogP contribution < -0.4 is 0 Å². The molecular weight excluding hydrogens is 666 g/mol. The number of likely N-dealkylation sites (N-methyl/N-ethyl adjacent to an activating group) is 1. The Bertz CT molecular complexity index is 1140. The van der Waals surface area contributed by atoms with E-state index in [1.54, 1.807) is 0 Å². The second-order valence-corrected chi connectivity index (χ2v) is 14.2. The normalized spacial score (nSPS) is 13.9. The minimum absolute atomic E-state index is 0.0357. The Hall–Kier alpha value is -3.49. The van der Waals surface area contributed by atoms with Gasteiger partial charge in [0.1, 0.15) is 6.61 Å². The summed E-state index contributed by atoms with van der Waals surface area (Å²) in [6, 6.07) is -0.628. The summed E-state index contributed by atoms with van der Waals surface area (Å²) in [6.07, 6.45) is 44.8. The highest BCUT2D eigenvalue weighted by atomic mass is 16.6. The Morgan fingerprint density at radius 3 is 1.70 bits per heavy atom. The predicted octanol–water partition coefficient (Wildman–Crippen LogP) is 10.6. The number of hydrogen-bond acceptors (Lipinski definition) is 6. The van der Waals surface area contributed by atoms with E-state index in [4.69, 9.17) is 14.2 Å². The van der Waals surface area contributed by atoms with Crippen molar-refractivity contribution in [3.05, 3.63) is 85.1 Å². The van der Waals surface area contributed by atoms with Gasteiger partial charge in [0.25, 0.3) is 0 Å². The predicted molar refractivity (Wildman–Crippen MR) is 220 cm³/mol. The van der Waals surface area contributed by atoms with E-state index in [0.717, 1.165) is 89.9 Å². The van der Waals surface area contributed by atoms with Crippen molar-refractivity contribution in [2.75, 3.05) is 41.0 Å². The molecule has 0 rings (SSSR count). The zero-order chi connectivity index (χ0) is 39.3. The standard InChI is InChI=1S/C45H73NO7/c1-6-8-10-12-14-16-18-20-21-22-24-26-28-30-32-34-36-44(48)53-41(39-51-38-37-42(45(49)50)46(3,4)5)40-52-43(47)35-33-31-29-27-25-23-19-17-15-13-11-9-7-2/h8-11,13-17,19-21,24,26,41-42H,6-7,12,18,22-23,25,27-40H2,1-5H3/p+1/b10-8+,11-9+,15-13+,16-14+,19-17+,21-20+,26-24+. The summed E-state index contributed by atoms with van der Waals surface area (Å²) in [6.45, 7) is 4.40. The molecule has 0 aromatic rings. The van der Waals surface area contributed by atoms with Crippen LogP contribution in [0.25, 0.3) is 0 Å². The molecule has 300 valence electrons. The lowest BCUT2D eigenvalue weighted by atomic mass is 10.1. The molecule has 8 nitrogen and oxygen atoms in total. The molecule has 2 atom stereocenters. The van der Waals surface area contributed by atoms with Gasteiger partial charge < -0.3 is 23.8 Å². The first-order valence-electron chi connectivity index (χ1n) is 20.2. The summed E-state index contributed by atoms with van der Waals surface area (Å²) in [4.78, 5) is 36.9. The van der Waals surface area contributed by atoms with Crippen molar-refractivity contribution in [2.45, 2.75) is 142 Å². The molecule has 0 spiro atoms. The number of aliphatic carboxylic acids is 1. The van der Waals surface area contributed by atoms with Crippen molar-refractivity contribution < 1.29 is 38.2 Å². The van der Waals surface area contributed by atoms with Crippen LogP contribution in [0, 0.1) is 0 Å². The third-order valence-electron chi connectivity index (χ3n) is 8.35. The van der Waals surface area contributed by atoms with Gasteiger partial charge in [0.05, 0.1) is 34.4 Å². The minimum Gasteiger partial charge on any atom is -0.477 e. The molecule has 8 heteroatoms. The van der Waals surface area contributed by atoms with Crippen LogP contribution in [-0.2, 0) is 28.6 Å². The lowest BCUT2D eigenvalue weighted by Gasteiger charge is -2.31. The van der Waals surface area contributed by atoms with Crippen LogP contribution in [0.3, 0.4) is 0 Å². The Balaban J connectivity index is 4.51. The number of ether oxygens (including phenoxy) is 3. The number of quaternary nitrogens is 1. The van der Waals surface area contributed by atoms with Crippen LogP contribution in [0.2, 0.25) is 0 Å². The Morgan fingerprint density at radius 1 is 0.585 bits per heavy atom. The van der Waals surface area contributed by atoms with Crippen LogP contribution >= 0.6 is 0 Å². The summed E-state index contributed by atoms with van der Waals surface area (Å²) in [5, 5.41) is 9.60. The third kappa shape index (κ3) is 34.1. The van der Waals surface area contributed by atoms with Crippen LogP contribution in [0.1, 0.15) is 129 Å². The molecule has 0 aliphatic rings. The molecule has 0 saturated carbocycles. The molecule has 2 unspecified atom stereocenters. The fourth-order valence-corrected chi connectivity index (χ4v) is 5.26. The number of carboxylic acids is 1. The lowest BCUT2D eigenvalue weighted by molar-refractivity contribution is -0.887. The zero-order valence-corrected chi connectivity index (χ0v) is 33.9. The quantitative estimate of drug-likeness (QED) is 0.0230. The molecule has 0 fully saturated rings. The van der Waals surface area contributed by atoms with Crippen molar-refractivity contribution in [1.82, 2.24) is 0 Å². The molecule has 0 heterocycles. The third-order valence-corrected chi connectivity index (χ3v) is 8.35. The second kappa shape index (κ2) is 35.5. The van der Waals surface area contributed by atoms with E-state index in [9.17, 15) is 19.5 Å². The van der Waals surface area contributed by atoms with Gasteiger partial charge in [-0.3, -0.25) is 9.59 Å². The van der Waals surface area contributed by atoms with Crippen molar-refractivity contribution in [1.29, 1.82) is 0 Å². The molecule has 0 saturated heterocycles. The number of esters is 2. The van der Waals surface area contributed by atoms with Gasteiger partial charge in [0.15, 0.2) is 12.1 Å². The smallest absolute Gasteiger partial charge is 0.362 e. The lowest BCUT2D eigenvalue weighted by Crippen LogP contribution is -2.50. The number of carbonyl (C=O) groups excluding carboxylic acids is 2. The number of carboxylic acid groups (broad SMARTS) is 1. The van der Waals surface area contributed by atoms with Gasteiger partial charge in [-0.1, -0.05) is 125 Å². The molecule has 1 N–H and O–H groups in total. The summed E-state index contributed by atoms with van der Waals surface area (Å²) >= 11 is 0. The van der Waals surface area contributed by atoms with Crippen molar-refractivity contribution in [2.24, 2.45) is 0 Å². The molecular formula is C45H74NO7+. The Morgan fingerprint density at radius 2 is 1.09 bits per heavy atom. The maximum atomic E-state index is 12.7. The fourth-order valence-electron chi connectivity index (χ4n) is 5.26. The Kier molecular flexibility index (Phi) is 33.2. The highest BCUT2D eigenvalue weighted by Gasteiger charge is 2.31. The first-order chi connectivity index (χ1) is 25.6. The number of allylic oxidation sites excluding steroid dienone is 14. The maximum absolute atomic E-state index is 12.7. The van der Waals surface area contributed by atoms with E-state index in [2.05, 4.69) is 86.8 Å². The van der Waals surface area contributed by atoms with Crippen molar-refractivity contribution in [3.63, 3.8) is 0 Å². The average Bonchev–Trinajstić information content (AvgIpc) is 3.11. The molecule has 0 radical (unpaired) electrons. The first-order valence-corrected chi connectivity index (χ1v) is 20.2. The molecule has 0 aromatic heterocycles. The largest absolute Gasteiger partial charge is 0.477 e. The fraction of sp³-hybridized carbons (Fsp3) is 0.622. The number of unbranched alkanes of at least 4 members (excludes halogenated alkanes) is 8. The number of rotatable bonds is 34. The van der Waals surface area contributed by atoms with Gasteiger partial charge in [0, 0.05) is 19.3 Å². The highest BCUT2D eigenvalue weighted by molar-refractivity contribution is 5.72. The minimum atomic E-state index is -0.889. The molecule has 0 bridgehead atoms. The Labute approximate surface area is 323 Å². The summed E-state index contributed by atoms with van der Waals surface area (Å²) in [7, 11) is 5.49. The topological polar surface area (TPSA) is 99.1 Å². The van der Waals surface area contributed by atoms with Gasteiger partial charge in [-0.25, -0.2) is 4.79 Å². The average molecular weight is 741 g/mol. The summed E-state index contributed by atoms with van der Waals surface area (Å²) in [5.74, 6) is -1.55. The van der Waals surface area contributed by atoms with E-state index in [1.807, 2.05) is 33.3 Å². The number of nitrogens with zero attached hydrogens (tertiary/aromatic N) is 1. The first kappa shape index (κ1) is 49.5.